The summed E-state index contributed by atoms with van der Waals surface area (Å²) in [4.78, 5) is 15.3. The molecule has 1 aromatic rings. The van der Waals surface area contributed by atoms with Crippen LogP contribution >= 0.6 is 0 Å². The summed E-state index contributed by atoms with van der Waals surface area (Å²) in [6.07, 6.45) is 3.05. The number of carbonyl (C=O) groups excluding carboxylic acids is 1. The smallest absolute Gasteiger partial charge is 0.224 e. The van der Waals surface area contributed by atoms with Gasteiger partial charge in [0.05, 0.1) is 17.8 Å². The Morgan fingerprint density at radius 2 is 2.44 bits per heavy atom. The number of pyridine rings is 1. The lowest BCUT2D eigenvalue weighted by atomic mass is 10.0. The predicted molar refractivity (Wildman–Crippen MR) is 61.3 cm³/mol. The Morgan fingerprint density at radius 1 is 1.56 bits per heavy atom. The third-order valence-electron chi connectivity index (χ3n) is 2.51. The number of hydrogen-bond donors (Lipinski definition) is 2. The molecule has 1 fully saturated rings. The van der Waals surface area contributed by atoms with Crippen LogP contribution in [-0.4, -0.2) is 17.4 Å². The van der Waals surface area contributed by atoms with Crippen molar-refractivity contribution in [2.45, 2.75) is 12.8 Å². The molecule has 1 amide bonds. The first-order chi connectivity index (χ1) is 7.75. The van der Waals surface area contributed by atoms with Crippen LogP contribution in [0.4, 0.5) is 5.69 Å². The first-order valence-electron chi connectivity index (χ1n) is 5.24. The van der Waals surface area contributed by atoms with Crippen LogP contribution in [0.1, 0.15) is 18.5 Å². The zero-order chi connectivity index (χ0) is 11.4. The number of rotatable bonds is 1. The van der Waals surface area contributed by atoms with Crippen LogP contribution in [0.15, 0.2) is 18.3 Å². The minimum Gasteiger partial charge on any atom is -0.397 e. The van der Waals surface area contributed by atoms with E-state index >= 15 is 0 Å². The lowest BCUT2D eigenvalue weighted by Gasteiger charge is -1.98. The molecule has 1 atom stereocenters. The number of amides is 1. The van der Waals surface area contributed by atoms with Gasteiger partial charge in [-0.15, -0.1) is 0 Å². The molecule has 1 aromatic heterocycles. The van der Waals surface area contributed by atoms with Crippen molar-refractivity contribution in [3.8, 4) is 11.8 Å². The standard InChI is InChI=1S/C12H13N3O/c13-10-4-5-11(15-8-10)3-1-2-9-6-7-14-12(9)16/h4-5,8-9H,2,6-7,13H2,(H,14,16). The van der Waals surface area contributed by atoms with Gasteiger partial charge in [0.2, 0.25) is 5.91 Å². The monoisotopic (exact) mass is 215 g/mol. The summed E-state index contributed by atoms with van der Waals surface area (Å²) in [5, 5.41) is 2.79. The molecular formula is C12H13N3O. The lowest BCUT2D eigenvalue weighted by molar-refractivity contribution is -0.122. The molecule has 4 heteroatoms. The van der Waals surface area contributed by atoms with Crippen LogP contribution in [0, 0.1) is 17.8 Å². The topological polar surface area (TPSA) is 68.0 Å². The van der Waals surface area contributed by atoms with E-state index in [1.54, 1.807) is 18.3 Å². The summed E-state index contributed by atoms with van der Waals surface area (Å²) in [5.74, 6) is 6.06. The van der Waals surface area contributed by atoms with E-state index in [1.807, 2.05) is 0 Å². The van der Waals surface area contributed by atoms with Crippen LogP contribution in [-0.2, 0) is 4.79 Å². The molecule has 0 spiro atoms. The average molecular weight is 215 g/mol. The maximum absolute atomic E-state index is 11.3. The largest absolute Gasteiger partial charge is 0.397 e. The highest BCUT2D eigenvalue weighted by Gasteiger charge is 2.22. The van der Waals surface area contributed by atoms with Crippen LogP contribution < -0.4 is 11.1 Å². The predicted octanol–water partition coefficient (Wildman–Crippen LogP) is 0.541. The summed E-state index contributed by atoms with van der Waals surface area (Å²) in [6, 6.07) is 3.54. The number of nitrogen functional groups attached to an aromatic ring is 1. The van der Waals surface area contributed by atoms with Crippen molar-refractivity contribution in [3.63, 3.8) is 0 Å². The van der Waals surface area contributed by atoms with Crippen molar-refractivity contribution >= 4 is 11.6 Å². The molecule has 1 aliphatic rings. The Hall–Kier alpha value is -2.02. The van der Waals surface area contributed by atoms with Gasteiger partial charge >= 0.3 is 0 Å². The van der Waals surface area contributed by atoms with Crippen LogP contribution in [0.2, 0.25) is 0 Å². The van der Waals surface area contributed by atoms with E-state index in [1.165, 1.54) is 0 Å². The Labute approximate surface area is 94.3 Å². The SMILES string of the molecule is Nc1ccc(C#CCC2CCNC2=O)nc1. The highest BCUT2D eigenvalue weighted by Crippen LogP contribution is 2.12. The summed E-state index contributed by atoms with van der Waals surface area (Å²) >= 11 is 0. The minimum absolute atomic E-state index is 0.0429. The summed E-state index contributed by atoms with van der Waals surface area (Å²) in [7, 11) is 0. The van der Waals surface area contributed by atoms with Gasteiger partial charge in [-0.1, -0.05) is 5.92 Å². The van der Waals surface area contributed by atoms with E-state index in [-0.39, 0.29) is 11.8 Å². The first kappa shape index (κ1) is 10.5. The van der Waals surface area contributed by atoms with Crippen molar-refractivity contribution in [1.82, 2.24) is 10.3 Å². The van der Waals surface area contributed by atoms with Gasteiger partial charge in [0.1, 0.15) is 5.69 Å². The molecule has 3 N–H and O–H groups in total. The molecule has 0 aromatic carbocycles. The fraction of sp³-hybridized carbons (Fsp3) is 0.333. The van der Waals surface area contributed by atoms with Gasteiger partial charge in [0.25, 0.3) is 0 Å². The fourth-order valence-electron chi connectivity index (χ4n) is 1.58. The number of hydrogen-bond acceptors (Lipinski definition) is 3. The summed E-state index contributed by atoms with van der Waals surface area (Å²) in [6.45, 7) is 0.769. The van der Waals surface area contributed by atoms with Gasteiger partial charge in [-0.25, -0.2) is 4.98 Å². The zero-order valence-electron chi connectivity index (χ0n) is 8.86. The second kappa shape index (κ2) is 4.67. The van der Waals surface area contributed by atoms with Crippen molar-refractivity contribution in [2.24, 2.45) is 5.92 Å². The van der Waals surface area contributed by atoms with E-state index in [9.17, 15) is 4.79 Å². The Kier molecular flexibility index (Phi) is 3.06. The molecule has 2 heterocycles. The third kappa shape index (κ3) is 2.51. The molecule has 0 radical (unpaired) electrons. The van der Waals surface area contributed by atoms with E-state index < -0.39 is 0 Å². The molecule has 2 rings (SSSR count). The van der Waals surface area contributed by atoms with Crippen molar-refractivity contribution in [2.75, 3.05) is 12.3 Å². The lowest BCUT2D eigenvalue weighted by Crippen LogP contribution is -2.18. The molecule has 1 saturated heterocycles. The fourth-order valence-corrected chi connectivity index (χ4v) is 1.58. The first-order valence-corrected chi connectivity index (χ1v) is 5.24. The van der Waals surface area contributed by atoms with Crippen LogP contribution in [0.5, 0.6) is 0 Å². The molecule has 82 valence electrons. The van der Waals surface area contributed by atoms with Gasteiger partial charge in [-0.2, -0.15) is 0 Å². The Bertz CT molecular complexity index is 442. The maximum Gasteiger partial charge on any atom is 0.224 e. The van der Waals surface area contributed by atoms with Gasteiger partial charge in [0.15, 0.2) is 0 Å². The van der Waals surface area contributed by atoms with E-state index in [4.69, 9.17) is 5.73 Å². The van der Waals surface area contributed by atoms with Crippen molar-refractivity contribution in [1.29, 1.82) is 0 Å². The van der Waals surface area contributed by atoms with Gasteiger partial charge in [0, 0.05) is 13.0 Å². The average Bonchev–Trinajstić information content (AvgIpc) is 2.68. The quantitative estimate of drug-likeness (QED) is 0.672. The molecular weight excluding hydrogens is 202 g/mol. The number of nitrogens with zero attached hydrogens (tertiary/aromatic N) is 1. The maximum atomic E-state index is 11.3. The van der Waals surface area contributed by atoms with Crippen LogP contribution in [0.3, 0.4) is 0 Å². The molecule has 1 aliphatic heterocycles. The number of nitrogens with one attached hydrogen (secondary N) is 1. The Morgan fingerprint density at radius 3 is 3.06 bits per heavy atom. The van der Waals surface area contributed by atoms with E-state index in [0.717, 1.165) is 13.0 Å². The zero-order valence-corrected chi connectivity index (χ0v) is 8.86. The summed E-state index contributed by atoms with van der Waals surface area (Å²) < 4.78 is 0. The molecule has 0 saturated carbocycles. The van der Waals surface area contributed by atoms with Gasteiger partial charge in [-0.3, -0.25) is 4.79 Å². The molecule has 0 aliphatic carbocycles. The van der Waals surface area contributed by atoms with E-state index in [0.29, 0.717) is 17.8 Å². The van der Waals surface area contributed by atoms with Crippen LogP contribution in [0.25, 0.3) is 0 Å². The highest BCUT2D eigenvalue weighted by molar-refractivity contribution is 5.80. The Balaban J connectivity index is 1.95. The summed E-state index contributed by atoms with van der Waals surface area (Å²) in [5.41, 5.74) is 6.82. The minimum atomic E-state index is 0.0429. The van der Waals surface area contributed by atoms with Crippen molar-refractivity contribution in [3.05, 3.63) is 24.0 Å². The number of nitrogens with two attached hydrogens (primary N) is 1. The molecule has 1 unspecified atom stereocenters. The normalized spacial score (nSPS) is 18.8. The van der Waals surface area contributed by atoms with Crippen molar-refractivity contribution < 1.29 is 4.79 Å². The molecule has 16 heavy (non-hydrogen) atoms. The number of carbonyl (C=O) groups is 1. The van der Waals surface area contributed by atoms with Gasteiger partial charge in [-0.05, 0) is 24.5 Å². The second-order valence-corrected chi connectivity index (χ2v) is 3.76. The van der Waals surface area contributed by atoms with E-state index in [2.05, 4.69) is 22.1 Å². The molecule has 4 nitrogen and oxygen atoms in total. The third-order valence-corrected chi connectivity index (χ3v) is 2.51. The molecule has 0 bridgehead atoms. The van der Waals surface area contributed by atoms with Gasteiger partial charge < -0.3 is 11.1 Å². The number of aromatic nitrogens is 1. The highest BCUT2D eigenvalue weighted by atomic mass is 16.2. The second-order valence-electron chi connectivity index (χ2n) is 3.76. The number of anilines is 1.